The summed E-state index contributed by atoms with van der Waals surface area (Å²) in [6, 6.07) is 6.66. The molecule has 1 aromatic rings. The number of carbonyl (C=O) groups excluding carboxylic acids is 1. The second-order valence-corrected chi connectivity index (χ2v) is 7.45. The molecule has 3 nitrogen and oxygen atoms in total. The molecule has 0 aromatic heterocycles. The average molecular weight is 302 g/mol. The highest BCUT2D eigenvalue weighted by Crippen LogP contribution is 2.50. The topological polar surface area (TPSA) is 32.3 Å². The Balaban J connectivity index is 1.39. The van der Waals surface area contributed by atoms with Crippen LogP contribution in [0.1, 0.15) is 37.7 Å². The van der Waals surface area contributed by atoms with Gasteiger partial charge in [-0.15, -0.1) is 0 Å². The molecule has 2 aliphatic carbocycles. The number of carbonyl (C=O) groups is 1. The van der Waals surface area contributed by atoms with E-state index in [4.69, 9.17) is 0 Å². The van der Waals surface area contributed by atoms with Crippen molar-refractivity contribution in [1.82, 2.24) is 10.2 Å². The van der Waals surface area contributed by atoms with Crippen LogP contribution in [0.25, 0.3) is 0 Å². The zero-order chi connectivity index (χ0) is 15.2. The maximum absolute atomic E-state index is 13.3. The van der Waals surface area contributed by atoms with Crippen molar-refractivity contribution in [3.8, 4) is 0 Å². The van der Waals surface area contributed by atoms with Gasteiger partial charge in [0.15, 0.2) is 0 Å². The second-order valence-electron chi connectivity index (χ2n) is 7.45. The van der Waals surface area contributed by atoms with E-state index in [2.05, 4.69) is 10.2 Å². The first kappa shape index (κ1) is 14.2. The van der Waals surface area contributed by atoms with Crippen LogP contribution in [-0.2, 0) is 11.2 Å². The molecular weight excluding hydrogens is 279 g/mol. The molecule has 0 unspecified atom stereocenters. The average Bonchev–Trinajstić information content (AvgIpc) is 3.33. The first-order valence-electron chi connectivity index (χ1n) is 8.39. The van der Waals surface area contributed by atoms with Crippen LogP contribution in [0.15, 0.2) is 24.3 Å². The Hall–Kier alpha value is -1.42. The normalized spacial score (nSPS) is 24.4. The molecule has 0 bridgehead atoms. The first-order chi connectivity index (χ1) is 10.6. The molecule has 0 spiro atoms. The van der Waals surface area contributed by atoms with Gasteiger partial charge in [-0.3, -0.25) is 4.79 Å². The maximum atomic E-state index is 13.3. The predicted octanol–water partition coefficient (Wildman–Crippen LogP) is 2.50. The van der Waals surface area contributed by atoms with Crippen LogP contribution in [0.5, 0.6) is 0 Å². The van der Waals surface area contributed by atoms with Crippen molar-refractivity contribution in [2.75, 3.05) is 19.6 Å². The molecule has 0 atom stereocenters. The van der Waals surface area contributed by atoms with E-state index < -0.39 is 0 Å². The predicted molar refractivity (Wildman–Crippen MR) is 82.9 cm³/mol. The van der Waals surface area contributed by atoms with E-state index >= 15 is 0 Å². The number of hydrogen-bond donors (Lipinski definition) is 1. The smallest absolute Gasteiger partial charge is 0.227 e. The summed E-state index contributed by atoms with van der Waals surface area (Å²) < 4.78 is 13.3. The van der Waals surface area contributed by atoms with Crippen LogP contribution in [0, 0.1) is 11.2 Å². The van der Waals surface area contributed by atoms with Gasteiger partial charge in [-0.2, -0.15) is 0 Å². The van der Waals surface area contributed by atoms with E-state index in [1.807, 2.05) is 6.07 Å². The highest BCUT2D eigenvalue weighted by molar-refractivity contribution is 5.86. The summed E-state index contributed by atoms with van der Waals surface area (Å²) in [5, 5.41) is 3.33. The van der Waals surface area contributed by atoms with E-state index in [-0.39, 0.29) is 22.7 Å². The third-order valence-electron chi connectivity index (χ3n) is 5.47. The van der Waals surface area contributed by atoms with E-state index in [1.165, 1.54) is 25.6 Å². The summed E-state index contributed by atoms with van der Waals surface area (Å²) >= 11 is 0. The molecule has 1 aliphatic heterocycles. The summed E-state index contributed by atoms with van der Waals surface area (Å²) in [5.41, 5.74) is 0.688. The van der Waals surface area contributed by atoms with Crippen LogP contribution in [-0.4, -0.2) is 36.0 Å². The number of likely N-dealkylation sites (tertiary alicyclic amines) is 1. The number of nitrogens with one attached hydrogen (secondary N) is 1. The fourth-order valence-corrected chi connectivity index (χ4v) is 3.49. The Bertz CT molecular complexity index is 589. The van der Waals surface area contributed by atoms with Gasteiger partial charge in [0.25, 0.3) is 0 Å². The molecule has 1 N–H and O–H groups in total. The van der Waals surface area contributed by atoms with Crippen molar-refractivity contribution < 1.29 is 9.18 Å². The fraction of sp³-hybridized carbons (Fsp3) is 0.611. The summed E-state index contributed by atoms with van der Waals surface area (Å²) in [5.74, 6) is -0.0278. The van der Waals surface area contributed by atoms with Crippen molar-refractivity contribution in [2.45, 2.75) is 44.1 Å². The number of benzene rings is 1. The van der Waals surface area contributed by atoms with E-state index in [1.54, 1.807) is 12.1 Å². The Kier molecular flexibility index (Phi) is 3.26. The summed E-state index contributed by atoms with van der Waals surface area (Å²) in [6.45, 7) is 3.35. The molecule has 22 heavy (non-hydrogen) atoms. The van der Waals surface area contributed by atoms with Gasteiger partial charge < -0.3 is 10.2 Å². The summed E-state index contributed by atoms with van der Waals surface area (Å²) in [6.07, 6.45) is 6.00. The zero-order valence-electron chi connectivity index (χ0n) is 12.9. The van der Waals surface area contributed by atoms with Gasteiger partial charge in [0.1, 0.15) is 5.82 Å². The molecule has 118 valence electrons. The molecule has 1 saturated heterocycles. The number of nitrogens with zero attached hydrogens (tertiary/aromatic N) is 1. The highest BCUT2D eigenvalue weighted by Gasteiger charge is 2.54. The molecule has 4 rings (SSSR count). The molecule has 3 aliphatic rings. The van der Waals surface area contributed by atoms with Crippen LogP contribution in [0.4, 0.5) is 4.39 Å². The van der Waals surface area contributed by atoms with Crippen molar-refractivity contribution in [3.05, 3.63) is 35.6 Å². The van der Waals surface area contributed by atoms with Crippen molar-refractivity contribution in [2.24, 2.45) is 5.41 Å². The SMILES string of the molecule is O=C(NC1(CN2CCC2)CC1)C1(Cc2cccc(F)c2)CC1. The standard InChI is InChI=1S/C18H23FN2O/c19-15-4-1-3-14(11-15)12-17(5-6-17)16(22)20-18(7-8-18)13-21-9-2-10-21/h1,3-4,11H,2,5-10,12-13H2,(H,20,22). The summed E-state index contributed by atoms with van der Waals surface area (Å²) in [7, 11) is 0. The second kappa shape index (κ2) is 5.05. The molecule has 1 aromatic carbocycles. The lowest BCUT2D eigenvalue weighted by atomic mass is 9.95. The molecule has 1 amide bonds. The highest BCUT2D eigenvalue weighted by atomic mass is 19.1. The lowest BCUT2D eigenvalue weighted by Crippen LogP contribution is -2.51. The molecule has 2 saturated carbocycles. The van der Waals surface area contributed by atoms with Gasteiger partial charge in [0, 0.05) is 6.54 Å². The third-order valence-corrected chi connectivity index (χ3v) is 5.47. The molecule has 0 radical (unpaired) electrons. The number of rotatable bonds is 6. The number of amides is 1. The van der Waals surface area contributed by atoms with Crippen LogP contribution < -0.4 is 5.32 Å². The summed E-state index contributed by atoms with van der Waals surface area (Å²) in [4.78, 5) is 15.2. The van der Waals surface area contributed by atoms with Gasteiger partial charge in [-0.1, -0.05) is 12.1 Å². The monoisotopic (exact) mass is 302 g/mol. The largest absolute Gasteiger partial charge is 0.349 e. The fourth-order valence-electron chi connectivity index (χ4n) is 3.49. The third kappa shape index (κ3) is 2.76. The van der Waals surface area contributed by atoms with Crippen molar-refractivity contribution in [1.29, 1.82) is 0 Å². The van der Waals surface area contributed by atoms with E-state index in [0.717, 1.165) is 37.8 Å². The number of hydrogen-bond acceptors (Lipinski definition) is 2. The molecule has 3 fully saturated rings. The lowest BCUT2D eigenvalue weighted by Gasteiger charge is -2.35. The minimum Gasteiger partial charge on any atom is -0.349 e. The quantitative estimate of drug-likeness (QED) is 0.875. The van der Waals surface area contributed by atoms with Gasteiger partial charge >= 0.3 is 0 Å². The number of halogens is 1. The van der Waals surface area contributed by atoms with Crippen LogP contribution in [0.3, 0.4) is 0 Å². The van der Waals surface area contributed by atoms with Gasteiger partial charge in [-0.25, -0.2) is 4.39 Å². The maximum Gasteiger partial charge on any atom is 0.227 e. The Labute approximate surface area is 130 Å². The van der Waals surface area contributed by atoms with Crippen molar-refractivity contribution in [3.63, 3.8) is 0 Å². The minimum atomic E-state index is -0.279. The van der Waals surface area contributed by atoms with Gasteiger partial charge in [0.05, 0.1) is 11.0 Å². The Morgan fingerprint density at radius 2 is 2.00 bits per heavy atom. The van der Waals surface area contributed by atoms with E-state index in [0.29, 0.717) is 6.42 Å². The van der Waals surface area contributed by atoms with E-state index in [9.17, 15) is 9.18 Å². The lowest BCUT2D eigenvalue weighted by molar-refractivity contribution is -0.127. The van der Waals surface area contributed by atoms with Gasteiger partial charge in [0.2, 0.25) is 5.91 Å². The Morgan fingerprint density at radius 3 is 2.55 bits per heavy atom. The zero-order valence-corrected chi connectivity index (χ0v) is 12.9. The van der Waals surface area contributed by atoms with Gasteiger partial charge in [-0.05, 0) is 69.3 Å². The van der Waals surface area contributed by atoms with Crippen LogP contribution in [0.2, 0.25) is 0 Å². The van der Waals surface area contributed by atoms with Crippen molar-refractivity contribution >= 4 is 5.91 Å². The van der Waals surface area contributed by atoms with Crippen LogP contribution >= 0.6 is 0 Å². The molecule has 1 heterocycles. The minimum absolute atomic E-state index is 0.0367. The molecule has 4 heteroatoms. The Morgan fingerprint density at radius 1 is 1.23 bits per heavy atom. The first-order valence-corrected chi connectivity index (χ1v) is 8.39. The molecular formula is C18H23FN2O.